The van der Waals surface area contributed by atoms with Crippen LogP contribution in [0, 0.1) is 11.3 Å². The molecule has 228 valence electrons. The molecule has 8 nitrogen and oxygen atoms in total. The fourth-order valence-corrected chi connectivity index (χ4v) is 4.86. The van der Waals surface area contributed by atoms with Crippen LogP contribution in [0.4, 0.5) is 10.5 Å². The lowest BCUT2D eigenvalue weighted by Crippen LogP contribution is -2.46. The maximum atomic E-state index is 11.9. The highest BCUT2D eigenvalue weighted by molar-refractivity contribution is 6.43. The molecule has 2 heterocycles. The number of aromatic nitrogens is 1. The second-order valence-electron chi connectivity index (χ2n) is 11.7. The molecule has 1 unspecified atom stereocenters. The molecular formula is C32H41Cl2N3O5. The molecule has 42 heavy (non-hydrogen) atoms. The number of hydrogen-bond acceptors (Lipinski definition) is 8. The Labute approximate surface area is 258 Å². The Kier molecular flexibility index (Phi) is 11.4. The Balaban J connectivity index is 1.14. The van der Waals surface area contributed by atoms with Crippen molar-refractivity contribution in [2.24, 2.45) is 11.3 Å². The van der Waals surface area contributed by atoms with E-state index in [4.69, 9.17) is 42.1 Å². The first-order chi connectivity index (χ1) is 20.1. The number of nitrogens with zero attached hydrogens (tertiary/aromatic N) is 3. The van der Waals surface area contributed by atoms with Crippen molar-refractivity contribution in [2.45, 2.75) is 40.5 Å². The normalized spacial score (nSPS) is 15.0. The van der Waals surface area contributed by atoms with Gasteiger partial charge in [0, 0.05) is 43.7 Å². The van der Waals surface area contributed by atoms with Gasteiger partial charge in [0.05, 0.1) is 34.5 Å². The first-order valence-electron chi connectivity index (χ1n) is 14.5. The molecule has 0 aliphatic carbocycles. The number of carbonyl (C=O) groups excluding carboxylic acids is 1. The second-order valence-corrected chi connectivity index (χ2v) is 12.5. The third-order valence-electron chi connectivity index (χ3n) is 7.73. The summed E-state index contributed by atoms with van der Waals surface area (Å²) in [6.07, 6.45) is 1.25. The van der Waals surface area contributed by atoms with Crippen molar-refractivity contribution in [3.63, 3.8) is 0 Å². The number of ether oxygens (including phenoxy) is 4. The standard InChI is InChI=1S/C32H41Cl2N3O5/c1-23(32(2,3)4)21-40-31(38)42-22-41-29-13-11-24-10-12-25(20-27(24)35-29)39-19-6-5-14-36-15-17-37(18-16-36)28-9-7-8-26(33)30(28)34/h7-13,20,23H,5-6,14-19,21-22H2,1-4H3. The van der Waals surface area contributed by atoms with Gasteiger partial charge in [0.1, 0.15) is 5.75 Å². The minimum atomic E-state index is -0.757. The molecule has 4 rings (SSSR count). The Hall–Kier alpha value is -2.94. The number of fused-ring (bicyclic) bond motifs is 1. The molecule has 0 saturated carbocycles. The molecule has 1 atom stereocenters. The summed E-state index contributed by atoms with van der Waals surface area (Å²) in [7, 11) is 0. The van der Waals surface area contributed by atoms with Crippen LogP contribution in [0.3, 0.4) is 0 Å². The third-order valence-corrected chi connectivity index (χ3v) is 8.54. The van der Waals surface area contributed by atoms with Gasteiger partial charge in [-0.25, -0.2) is 9.78 Å². The molecule has 0 N–H and O–H groups in total. The number of hydrogen-bond donors (Lipinski definition) is 0. The van der Waals surface area contributed by atoms with Crippen molar-refractivity contribution in [2.75, 3.05) is 57.6 Å². The van der Waals surface area contributed by atoms with E-state index in [0.29, 0.717) is 22.5 Å². The van der Waals surface area contributed by atoms with Crippen LogP contribution in [0.2, 0.25) is 10.0 Å². The average molecular weight is 619 g/mol. The SMILES string of the molecule is CC(COC(=O)OCOc1ccc2ccc(OCCCCN3CCN(c4cccc(Cl)c4Cl)CC3)cc2n1)C(C)(C)C. The van der Waals surface area contributed by atoms with Crippen LogP contribution in [0.15, 0.2) is 48.5 Å². The molecule has 0 radical (unpaired) electrons. The van der Waals surface area contributed by atoms with Gasteiger partial charge in [0.25, 0.3) is 0 Å². The number of carbonyl (C=O) groups is 1. The molecular weight excluding hydrogens is 577 g/mol. The van der Waals surface area contributed by atoms with E-state index in [0.717, 1.165) is 67.9 Å². The van der Waals surface area contributed by atoms with Crippen molar-refractivity contribution in [1.82, 2.24) is 9.88 Å². The van der Waals surface area contributed by atoms with Crippen molar-refractivity contribution in [3.05, 3.63) is 58.6 Å². The first kappa shape index (κ1) is 32.0. The number of anilines is 1. The second kappa shape index (κ2) is 15.0. The summed E-state index contributed by atoms with van der Waals surface area (Å²) >= 11 is 12.6. The largest absolute Gasteiger partial charge is 0.511 e. The van der Waals surface area contributed by atoms with E-state index in [1.165, 1.54) is 0 Å². The summed E-state index contributed by atoms with van der Waals surface area (Å²) in [5.41, 5.74) is 1.79. The van der Waals surface area contributed by atoms with E-state index in [1.54, 1.807) is 6.07 Å². The van der Waals surface area contributed by atoms with Gasteiger partial charge in [-0.15, -0.1) is 0 Å². The maximum absolute atomic E-state index is 11.9. The molecule has 1 aliphatic heterocycles. The summed E-state index contributed by atoms with van der Waals surface area (Å²) < 4.78 is 21.7. The van der Waals surface area contributed by atoms with Gasteiger partial charge >= 0.3 is 6.16 Å². The van der Waals surface area contributed by atoms with Crippen LogP contribution in [-0.2, 0) is 9.47 Å². The van der Waals surface area contributed by atoms with Crippen LogP contribution in [0.1, 0.15) is 40.5 Å². The summed E-state index contributed by atoms with van der Waals surface area (Å²) in [6, 6.07) is 15.2. The summed E-state index contributed by atoms with van der Waals surface area (Å²) in [6.45, 7) is 13.9. The van der Waals surface area contributed by atoms with Gasteiger partial charge < -0.3 is 23.8 Å². The smallest absolute Gasteiger partial charge is 0.494 e. The van der Waals surface area contributed by atoms with Crippen LogP contribution in [0.25, 0.3) is 10.9 Å². The zero-order valence-corrected chi connectivity index (χ0v) is 26.4. The number of halogens is 2. The lowest BCUT2D eigenvalue weighted by molar-refractivity contribution is -0.00872. The lowest BCUT2D eigenvalue weighted by Gasteiger charge is -2.36. The van der Waals surface area contributed by atoms with Crippen molar-refractivity contribution < 1.29 is 23.7 Å². The van der Waals surface area contributed by atoms with E-state index in [2.05, 4.69) is 35.6 Å². The number of rotatable bonds is 12. The van der Waals surface area contributed by atoms with Crippen LogP contribution < -0.4 is 14.4 Å². The molecule has 0 bridgehead atoms. The van der Waals surface area contributed by atoms with E-state index < -0.39 is 6.16 Å². The van der Waals surface area contributed by atoms with Crippen molar-refractivity contribution >= 4 is 45.9 Å². The minimum Gasteiger partial charge on any atom is -0.494 e. The molecule has 1 aliphatic rings. The van der Waals surface area contributed by atoms with E-state index in [-0.39, 0.29) is 24.7 Å². The fourth-order valence-electron chi connectivity index (χ4n) is 4.45. The minimum absolute atomic E-state index is 0.0414. The Morgan fingerprint density at radius 1 is 0.976 bits per heavy atom. The van der Waals surface area contributed by atoms with E-state index in [1.807, 2.05) is 49.4 Å². The third kappa shape index (κ3) is 9.28. The number of benzene rings is 2. The summed E-state index contributed by atoms with van der Waals surface area (Å²) in [4.78, 5) is 21.2. The van der Waals surface area contributed by atoms with Gasteiger partial charge in [0.15, 0.2) is 0 Å². The Morgan fingerprint density at radius 2 is 1.74 bits per heavy atom. The zero-order chi connectivity index (χ0) is 30.1. The molecule has 1 saturated heterocycles. The van der Waals surface area contributed by atoms with Crippen molar-refractivity contribution in [1.29, 1.82) is 0 Å². The Bertz CT molecular complexity index is 1330. The number of unbranched alkanes of at least 4 members (excludes halogenated alkanes) is 1. The highest BCUT2D eigenvalue weighted by Gasteiger charge is 2.22. The van der Waals surface area contributed by atoms with Crippen LogP contribution >= 0.6 is 23.2 Å². The average Bonchev–Trinajstić information content (AvgIpc) is 2.97. The fraction of sp³-hybridized carbons (Fsp3) is 0.500. The molecule has 1 aromatic heterocycles. The van der Waals surface area contributed by atoms with Crippen molar-refractivity contribution in [3.8, 4) is 11.6 Å². The topological polar surface area (TPSA) is 73.4 Å². The van der Waals surface area contributed by atoms with Gasteiger partial charge in [-0.1, -0.05) is 57.0 Å². The summed E-state index contributed by atoms with van der Waals surface area (Å²) in [5.74, 6) is 1.31. The highest BCUT2D eigenvalue weighted by atomic mass is 35.5. The predicted molar refractivity (Wildman–Crippen MR) is 168 cm³/mol. The lowest BCUT2D eigenvalue weighted by atomic mass is 9.83. The van der Waals surface area contributed by atoms with Gasteiger partial charge in [-0.05, 0) is 61.1 Å². The van der Waals surface area contributed by atoms with Gasteiger partial charge in [-0.2, -0.15) is 0 Å². The van der Waals surface area contributed by atoms with Crippen LogP contribution in [-0.4, -0.2) is 68.8 Å². The molecule has 10 heteroatoms. The zero-order valence-electron chi connectivity index (χ0n) is 24.9. The van der Waals surface area contributed by atoms with E-state index >= 15 is 0 Å². The van der Waals surface area contributed by atoms with Gasteiger partial charge in [-0.3, -0.25) is 4.90 Å². The van der Waals surface area contributed by atoms with Crippen LogP contribution in [0.5, 0.6) is 11.6 Å². The number of pyridine rings is 1. The first-order valence-corrected chi connectivity index (χ1v) is 15.2. The maximum Gasteiger partial charge on any atom is 0.511 e. The molecule has 0 amide bonds. The monoisotopic (exact) mass is 617 g/mol. The Morgan fingerprint density at radius 3 is 2.50 bits per heavy atom. The molecule has 2 aromatic carbocycles. The molecule has 3 aromatic rings. The quantitative estimate of drug-likeness (QED) is 0.116. The van der Waals surface area contributed by atoms with Gasteiger partial charge in [0.2, 0.25) is 12.7 Å². The summed E-state index contributed by atoms with van der Waals surface area (Å²) in [5, 5.41) is 2.19. The molecule has 0 spiro atoms. The number of piperazine rings is 1. The highest BCUT2D eigenvalue weighted by Crippen LogP contribution is 2.33. The molecule has 1 fully saturated rings. The predicted octanol–water partition coefficient (Wildman–Crippen LogP) is 7.69. The van der Waals surface area contributed by atoms with E-state index in [9.17, 15) is 4.79 Å².